The third-order valence-electron chi connectivity index (χ3n) is 4.73. The highest BCUT2D eigenvalue weighted by molar-refractivity contribution is 5.70. The van der Waals surface area contributed by atoms with Crippen molar-refractivity contribution >= 4 is 5.97 Å². The molecule has 0 amide bonds. The third-order valence-corrected chi connectivity index (χ3v) is 4.73. The van der Waals surface area contributed by atoms with E-state index < -0.39 is 29.7 Å². The zero-order chi connectivity index (χ0) is 18.7. The molecular formula is C19H19F3N2O2. The zero-order valence-corrected chi connectivity index (χ0v) is 14.0. The molecule has 2 unspecified atom stereocenters. The SMILES string of the molecule is O=C(O)C1CCCN(C(c2cccnc2)c2ccccc2C(F)(F)F)C1. The second-order valence-corrected chi connectivity index (χ2v) is 6.45. The minimum atomic E-state index is -4.49. The molecule has 0 aliphatic carbocycles. The van der Waals surface area contributed by atoms with Crippen molar-refractivity contribution in [3.8, 4) is 0 Å². The van der Waals surface area contributed by atoms with E-state index in [-0.39, 0.29) is 12.1 Å². The summed E-state index contributed by atoms with van der Waals surface area (Å²) < 4.78 is 40.7. The number of nitrogens with zero attached hydrogens (tertiary/aromatic N) is 2. The van der Waals surface area contributed by atoms with Gasteiger partial charge in [0.25, 0.3) is 0 Å². The van der Waals surface area contributed by atoms with E-state index in [4.69, 9.17) is 0 Å². The maximum atomic E-state index is 13.6. The van der Waals surface area contributed by atoms with Crippen molar-refractivity contribution in [2.45, 2.75) is 25.1 Å². The highest BCUT2D eigenvalue weighted by atomic mass is 19.4. The first-order chi connectivity index (χ1) is 12.4. The Morgan fingerprint density at radius 3 is 2.65 bits per heavy atom. The minimum absolute atomic E-state index is 0.124. The van der Waals surface area contributed by atoms with Crippen LogP contribution in [0.4, 0.5) is 13.2 Å². The summed E-state index contributed by atoms with van der Waals surface area (Å²) in [6.07, 6.45) is -0.220. The number of halogens is 3. The van der Waals surface area contributed by atoms with Crippen LogP contribution in [0.2, 0.25) is 0 Å². The molecule has 1 aromatic heterocycles. The van der Waals surface area contributed by atoms with E-state index in [0.717, 1.165) is 6.07 Å². The second-order valence-electron chi connectivity index (χ2n) is 6.45. The average molecular weight is 364 g/mol. The summed E-state index contributed by atoms with van der Waals surface area (Å²) in [6.45, 7) is 0.747. The Hall–Kier alpha value is -2.41. The summed E-state index contributed by atoms with van der Waals surface area (Å²) in [5, 5.41) is 9.34. The topological polar surface area (TPSA) is 53.4 Å². The summed E-state index contributed by atoms with van der Waals surface area (Å²) in [6, 6.07) is 8.19. The Labute approximate surface area is 149 Å². The van der Waals surface area contributed by atoms with Crippen LogP contribution in [0, 0.1) is 5.92 Å². The Bertz CT molecular complexity index is 765. The van der Waals surface area contributed by atoms with Crippen LogP contribution in [0.1, 0.15) is 35.6 Å². The van der Waals surface area contributed by atoms with Gasteiger partial charge in [-0.05, 0) is 42.6 Å². The molecule has 1 fully saturated rings. The van der Waals surface area contributed by atoms with Crippen molar-refractivity contribution in [2.75, 3.05) is 13.1 Å². The van der Waals surface area contributed by atoms with Gasteiger partial charge in [0, 0.05) is 18.9 Å². The van der Waals surface area contributed by atoms with Gasteiger partial charge in [-0.15, -0.1) is 0 Å². The van der Waals surface area contributed by atoms with Crippen LogP contribution in [-0.2, 0) is 11.0 Å². The van der Waals surface area contributed by atoms with Crippen molar-refractivity contribution in [1.29, 1.82) is 0 Å². The quantitative estimate of drug-likeness (QED) is 0.891. The van der Waals surface area contributed by atoms with Crippen molar-refractivity contribution in [2.24, 2.45) is 5.92 Å². The molecule has 1 N–H and O–H groups in total. The predicted octanol–water partition coefficient (Wildman–Crippen LogP) is 3.99. The molecule has 1 aliphatic rings. The number of hydrogen-bond donors (Lipinski definition) is 1. The fourth-order valence-corrected chi connectivity index (χ4v) is 3.56. The summed E-state index contributed by atoms with van der Waals surface area (Å²) in [4.78, 5) is 17.3. The molecule has 26 heavy (non-hydrogen) atoms. The predicted molar refractivity (Wildman–Crippen MR) is 89.5 cm³/mol. The van der Waals surface area contributed by atoms with Gasteiger partial charge in [-0.2, -0.15) is 13.2 Å². The third kappa shape index (κ3) is 3.88. The largest absolute Gasteiger partial charge is 0.481 e. The Morgan fingerprint density at radius 1 is 1.23 bits per heavy atom. The Balaban J connectivity index is 2.08. The summed E-state index contributed by atoms with van der Waals surface area (Å²) in [5.41, 5.74) is 0.0422. The number of piperidine rings is 1. The monoisotopic (exact) mass is 364 g/mol. The maximum absolute atomic E-state index is 13.6. The number of hydrogen-bond acceptors (Lipinski definition) is 3. The second kappa shape index (κ2) is 7.45. The first kappa shape index (κ1) is 18.4. The number of alkyl halides is 3. The molecule has 0 radical (unpaired) electrons. The highest BCUT2D eigenvalue weighted by Crippen LogP contribution is 2.40. The summed E-state index contributed by atoms with van der Waals surface area (Å²) in [5.74, 6) is -1.50. The number of aliphatic carboxylic acids is 1. The number of rotatable bonds is 4. The molecular weight excluding hydrogens is 345 g/mol. The normalized spacial score (nSPS) is 19.9. The van der Waals surface area contributed by atoms with Gasteiger partial charge in [0.05, 0.1) is 17.5 Å². The number of carboxylic acid groups (broad SMARTS) is 1. The zero-order valence-electron chi connectivity index (χ0n) is 14.0. The smallest absolute Gasteiger partial charge is 0.416 e. The fraction of sp³-hybridized carbons (Fsp3) is 0.368. The molecule has 0 saturated carbocycles. The molecule has 1 saturated heterocycles. The molecule has 2 heterocycles. The van der Waals surface area contributed by atoms with Gasteiger partial charge < -0.3 is 5.11 Å². The van der Waals surface area contributed by atoms with Crippen molar-refractivity contribution in [3.05, 3.63) is 65.5 Å². The van der Waals surface area contributed by atoms with E-state index >= 15 is 0 Å². The number of likely N-dealkylation sites (tertiary alicyclic amines) is 1. The van der Waals surface area contributed by atoms with Crippen molar-refractivity contribution in [1.82, 2.24) is 9.88 Å². The van der Waals surface area contributed by atoms with Crippen LogP contribution in [0.5, 0.6) is 0 Å². The highest BCUT2D eigenvalue weighted by Gasteiger charge is 2.38. The number of carbonyl (C=O) groups is 1. The summed E-state index contributed by atoms with van der Waals surface area (Å²) >= 11 is 0. The van der Waals surface area contributed by atoms with E-state index in [2.05, 4.69) is 4.98 Å². The molecule has 0 spiro atoms. The standard InChI is InChI=1S/C19H19F3N2O2/c20-19(21,22)16-8-2-1-7-15(16)17(13-5-3-9-23-11-13)24-10-4-6-14(12-24)18(25)26/h1-3,5,7-9,11,14,17H,4,6,10,12H2,(H,25,26). The lowest BCUT2D eigenvalue weighted by Crippen LogP contribution is -2.41. The molecule has 1 aromatic carbocycles. The molecule has 3 rings (SSSR count). The average Bonchev–Trinajstić information content (AvgIpc) is 2.63. The molecule has 0 bridgehead atoms. The molecule has 4 nitrogen and oxygen atoms in total. The van der Waals surface area contributed by atoms with Crippen LogP contribution < -0.4 is 0 Å². The lowest BCUT2D eigenvalue weighted by atomic mass is 9.89. The van der Waals surface area contributed by atoms with Crippen molar-refractivity contribution < 1.29 is 23.1 Å². The minimum Gasteiger partial charge on any atom is -0.481 e. The van der Waals surface area contributed by atoms with E-state index in [0.29, 0.717) is 24.9 Å². The van der Waals surface area contributed by atoms with E-state index in [1.165, 1.54) is 12.1 Å². The van der Waals surface area contributed by atoms with Crippen molar-refractivity contribution in [3.63, 3.8) is 0 Å². The molecule has 138 valence electrons. The maximum Gasteiger partial charge on any atom is 0.416 e. The van der Waals surface area contributed by atoms with Gasteiger partial charge in [-0.3, -0.25) is 14.7 Å². The lowest BCUT2D eigenvalue weighted by molar-refractivity contribution is -0.144. The van der Waals surface area contributed by atoms with Crippen LogP contribution in [-0.4, -0.2) is 34.0 Å². The van der Waals surface area contributed by atoms with E-state index in [1.54, 1.807) is 30.6 Å². The van der Waals surface area contributed by atoms with Crippen LogP contribution in [0.15, 0.2) is 48.8 Å². The number of carboxylic acids is 1. The number of benzene rings is 1. The lowest BCUT2D eigenvalue weighted by Gasteiger charge is -2.38. The van der Waals surface area contributed by atoms with E-state index in [1.807, 2.05) is 4.90 Å². The molecule has 2 aromatic rings. The number of aromatic nitrogens is 1. The van der Waals surface area contributed by atoms with Gasteiger partial charge in [-0.1, -0.05) is 24.3 Å². The molecule has 1 aliphatic heterocycles. The first-order valence-electron chi connectivity index (χ1n) is 8.41. The molecule has 2 atom stereocenters. The fourth-order valence-electron chi connectivity index (χ4n) is 3.56. The van der Waals surface area contributed by atoms with Gasteiger partial charge in [0.1, 0.15) is 0 Å². The Morgan fingerprint density at radius 2 is 2.00 bits per heavy atom. The van der Waals surface area contributed by atoms with Gasteiger partial charge in [-0.25, -0.2) is 0 Å². The van der Waals surface area contributed by atoms with Crippen LogP contribution in [0.25, 0.3) is 0 Å². The van der Waals surface area contributed by atoms with E-state index in [9.17, 15) is 23.1 Å². The van der Waals surface area contributed by atoms with Gasteiger partial charge in [0.2, 0.25) is 0 Å². The van der Waals surface area contributed by atoms with Gasteiger partial charge in [0.15, 0.2) is 0 Å². The molecule has 7 heteroatoms. The van der Waals surface area contributed by atoms with Crippen LogP contribution in [0.3, 0.4) is 0 Å². The Kier molecular flexibility index (Phi) is 5.27. The van der Waals surface area contributed by atoms with Crippen LogP contribution >= 0.6 is 0 Å². The number of pyridine rings is 1. The van der Waals surface area contributed by atoms with Gasteiger partial charge >= 0.3 is 12.1 Å². The summed E-state index contributed by atoms with van der Waals surface area (Å²) in [7, 11) is 0. The first-order valence-corrected chi connectivity index (χ1v) is 8.41.